The number of hydrogen-bond acceptors (Lipinski definition) is 3. The molecule has 0 N–H and O–H groups in total. The fraction of sp³-hybridized carbons (Fsp3) is 0.0588. The molecule has 2 aromatic carbocycles. The van der Waals surface area contributed by atoms with Gasteiger partial charge in [-0.3, -0.25) is 0 Å². The highest BCUT2D eigenvalue weighted by Crippen LogP contribution is 2.32. The normalized spacial score (nSPS) is 11.4. The van der Waals surface area contributed by atoms with Gasteiger partial charge < -0.3 is 4.74 Å². The topological polar surface area (TPSA) is 44.1 Å². The number of alkyl halides is 3. The fourth-order valence-electron chi connectivity index (χ4n) is 2.07. The van der Waals surface area contributed by atoms with Crippen molar-refractivity contribution in [3.63, 3.8) is 0 Å². The van der Waals surface area contributed by atoms with Crippen LogP contribution in [0.1, 0.15) is 16.1 Å². The number of carbonyl (C=O) groups excluding carboxylic acids is 1. The molecule has 1 heterocycles. The van der Waals surface area contributed by atoms with Gasteiger partial charge in [0.1, 0.15) is 5.82 Å². The minimum atomic E-state index is -4.70. The second-order valence-electron chi connectivity index (χ2n) is 5.01. The van der Waals surface area contributed by atoms with Crippen LogP contribution in [0.4, 0.5) is 17.6 Å². The van der Waals surface area contributed by atoms with Gasteiger partial charge in [-0.05, 0) is 36.4 Å². The minimum absolute atomic E-state index is 0.00392. The van der Waals surface area contributed by atoms with E-state index in [0.29, 0.717) is 11.8 Å². The van der Waals surface area contributed by atoms with Crippen molar-refractivity contribution in [2.24, 2.45) is 0 Å². The van der Waals surface area contributed by atoms with Crippen LogP contribution in [0.3, 0.4) is 0 Å². The number of esters is 1. The number of para-hydroxylation sites is 1. The smallest absolute Gasteiger partial charge is 0.404 e. The lowest BCUT2D eigenvalue weighted by molar-refractivity contribution is -0.141. The predicted molar refractivity (Wildman–Crippen MR) is 79.9 cm³/mol. The summed E-state index contributed by atoms with van der Waals surface area (Å²) in [5.74, 6) is -1.87. The Morgan fingerprint density at radius 1 is 1.00 bits per heavy atom. The molecule has 0 aliphatic heterocycles. The summed E-state index contributed by atoms with van der Waals surface area (Å²) in [6.07, 6.45) is -4.70. The van der Waals surface area contributed by atoms with Gasteiger partial charge in [0.25, 0.3) is 0 Å². The van der Waals surface area contributed by atoms with E-state index >= 15 is 0 Å². The van der Waals surface area contributed by atoms with E-state index in [1.807, 2.05) is 0 Å². The molecule has 3 rings (SSSR count). The van der Waals surface area contributed by atoms with Crippen LogP contribution in [0.25, 0.3) is 5.69 Å². The van der Waals surface area contributed by atoms with Crippen molar-refractivity contribution in [3.8, 4) is 11.6 Å². The molecule has 0 saturated carbocycles. The van der Waals surface area contributed by atoms with E-state index in [4.69, 9.17) is 4.74 Å². The Labute approximate surface area is 139 Å². The Bertz CT molecular complexity index is 887. The van der Waals surface area contributed by atoms with Gasteiger partial charge in [0.15, 0.2) is 5.69 Å². The molecule has 0 aliphatic rings. The van der Waals surface area contributed by atoms with Crippen molar-refractivity contribution in [2.45, 2.75) is 6.18 Å². The highest BCUT2D eigenvalue weighted by molar-refractivity contribution is 5.90. The maximum absolute atomic E-state index is 12.9. The largest absolute Gasteiger partial charge is 0.435 e. The van der Waals surface area contributed by atoms with Gasteiger partial charge in [0, 0.05) is 6.07 Å². The summed E-state index contributed by atoms with van der Waals surface area (Å²) < 4.78 is 57.7. The molecule has 8 heteroatoms. The molecule has 4 nitrogen and oxygen atoms in total. The van der Waals surface area contributed by atoms with E-state index in [1.165, 1.54) is 24.3 Å². The second-order valence-corrected chi connectivity index (χ2v) is 5.01. The molecule has 1 aromatic heterocycles. The third-order valence-corrected chi connectivity index (χ3v) is 3.25. The average molecular weight is 350 g/mol. The van der Waals surface area contributed by atoms with Gasteiger partial charge in [-0.25, -0.2) is 13.9 Å². The number of benzene rings is 2. The van der Waals surface area contributed by atoms with Crippen molar-refractivity contribution in [3.05, 3.63) is 77.7 Å². The summed E-state index contributed by atoms with van der Waals surface area (Å²) in [6.45, 7) is 0. The Balaban J connectivity index is 1.98. The van der Waals surface area contributed by atoms with Crippen molar-refractivity contribution in [1.29, 1.82) is 0 Å². The molecule has 0 amide bonds. The molecular formula is C17H10F4N2O2. The molecule has 3 aromatic rings. The molecule has 0 spiro atoms. The first-order valence-electron chi connectivity index (χ1n) is 7.05. The molecule has 0 fully saturated rings. The van der Waals surface area contributed by atoms with Crippen LogP contribution >= 0.6 is 0 Å². The van der Waals surface area contributed by atoms with Crippen LogP contribution in [0.15, 0.2) is 60.7 Å². The minimum Gasteiger partial charge on any atom is -0.404 e. The maximum atomic E-state index is 12.9. The summed E-state index contributed by atoms with van der Waals surface area (Å²) in [4.78, 5) is 12.1. The molecule has 128 valence electrons. The van der Waals surface area contributed by atoms with E-state index in [2.05, 4.69) is 5.10 Å². The standard InChI is InChI=1S/C17H10F4N2O2/c18-12-8-6-11(7-9-12)16(24)25-15-10-14(17(19,20)21)22-23(15)13-4-2-1-3-5-13/h1-10H. The van der Waals surface area contributed by atoms with Crippen LogP contribution in [0.5, 0.6) is 5.88 Å². The molecular weight excluding hydrogens is 340 g/mol. The second kappa shape index (κ2) is 6.39. The van der Waals surface area contributed by atoms with Crippen molar-refractivity contribution >= 4 is 5.97 Å². The first-order chi connectivity index (χ1) is 11.8. The van der Waals surface area contributed by atoms with Gasteiger partial charge in [0.2, 0.25) is 5.88 Å². The van der Waals surface area contributed by atoms with E-state index in [9.17, 15) is 22.4 Å². The summed E-state index contributed by atoms with van der Waals surface area (Å²) in [7, 11) is 0. The molecule has 0 saturated heterocycles. The average Bonchev–Trinajstić information content (AvgIpc) is 3.00. The van der Waals surface area contributed by atoms with E-state index in [0.717, 1.165) is 16.8 Å². The van der Waals surface area contributed by atoms with Gasteiger partial charge in [-0.2, -0.15) is 18.3 Å². The first kappa shape index (κ1) is 16.7. The van der Waals surface area contributed by atoms with Crippen molar-refractivity contribution in [1.82, 2.24) is 9.78 Å². The van der Waals surface area contributed by atoms with Crippen LogP contribution in [0, 0.1) is 5.82 Å². The highest BCUT2D eigenvalue weighted by Gasteiger charge is 2.36. The molecule has 25 heavy (non-hydrogen) atoms. The highest BCUT2D eigenvalue weighted by atomic mass is 19.4. The number of rotatable bonds is 3. The number of carbonyl (C=O) groups is 1. The molecule has 0 radical (unpaired) electrons. The monoisotopic (exact) mass is 350 g/mol. The number of ether oxygens (including phenoxy) is 1. The number of halogens is 4. The van der Waals surface area contributed by atoms with Crippen LogP contribution < -0.4 is 4.74 Å². The lowest BCUT2D eigenvalue weighted by atomic mass is 10.2. The fourth-order valence-corrected chi connectivity index (χ4v) is 2.07. The quantitative estimate of drug-likeness (QED) is 0.524. The molecule has 0 atom stereocenters. The number of aromatic nitrogens is 2. The zero-order chi connectivity index (χ0) is 18.0. The van der Waals surface area contributed by atoms with Gasteiger partial charge in [-0.15, -0.1) is 0 Å². The Kier molecular flexibility index (Phi) is 4.26. The Hall–Kier alpha value is -3.16. The lowest BCUT2D eigenvalue weighted by Gasteiger charge is -2.07. The summed E-state index contributed by atoms with van der Waals surface area (Å²) in [5, 5.41) is 3.47. The lowest BCUT2D eigenvalue weighted by Crippen LogP contribution is -2.12. The van der Waals surface area contributed by atoms with Crippen molar-refractivity contribution < 1.29 is 27.1 Å². The van der Waals surface area contributed by atoms with E-state index < -0.39 is 29.5 Å². The zero-order valence-electron chi connectivity index (χ0n) is 12.5. The van der Waals surface area contributed by atoms with Gasteiger partial charge >= 0.3 is 12.1 Å². The van der Waals surface area contributed by atoms with E-state index in [-0.39, 0.29) is 5.56 Å². The molecule has 0 bridgehead atoms. The Morgan fingerprint density at radius 3 is 2.24 bits per heavy atom. The third kappa shape index (κ3) is 3.68. The van der Waals surface area contributed by atoms with Gasteiger partial charge in [0.05, 0.1) is 11.3 Å². The summed E-state index contributed by atoms with van der Waals surface area (Å²) >= 11 is 0. The number of hydrogen-bond donors (Lipinski definition) is 0. The van der Waals surface area contributed by atoms with Gasteiger partial charge in [-0.1, -0.05) is 18.2 Å². The molecule has 0 aliphatic carbocycles. The summed E-state index contributed by atoms with van der Waals surface area (Å²) in [5.41, 5.74) is -0.908. The zero-order valence-corrected chi connectivity index (χ0v) is 12.5. The SMILES string of the molecule is O=C(Oc1cc(C(F)(F)F)nn1-c1ccccc1)c1ccc(F)cc1. The first-order valence-corrected chi connectivity index (χ1v) is 7.05. The third-order valence-electron chi connectivity index (χ3n) is 3.25. The van der Waals surface area contributed by atoms with Crippen molar-refractivity contribution in [2.75, 3.05) is 0 Å². The summed E-state index contributed by atoms with van der Waals surface area (Å²) in [6, 6.07) is 13.0. The Morgan fingerprint density at radius 2 is 1.64 bits per heavy atom. The van der Waals surface area contributed by atoms with Crippen LogP contribution in [-0.4, -0.2) is 15.7 Å². The van der Waals surface area contributed by atoms with E-state index in [1.54, 1.807) is 18.2 Å². The number of nitrogens with zero attached hydrogens (tertiary/aromatic N) is 2. The maximum Gasteiger partial charge on any atom is 0.435 e. The van der Waals surface area contributed by atoms with Crippen LogP contribution in [0.2, 0.25) is 0 Å². The predicted octanol–water partition coefficient (Wildman–Crippen LogP) is 4.25. The molecule has 0 unspecified atom stereocenters. The van der Waals surface area contributed by atoms with Crippen LogP contribution in [-0.2, 0) is 6.18 Å².